The summed E-state index contributed by atoms with van der Waals surface area (Å²) in [5.74, 6) is -0.597. The smallest absolute Gasteiger partial charge is 0.306 e. The largest absolute Gasteiger partial charge is 0.462 e. The van der Waals surface area contributed by atoms with Crippen molar-refractivity contribution in [2.45, 2.75) is 219 Å². The lowest BCUT2D eigenvalue weighted by atomic mass is 10.1. The Balaban J connectivity index is 3.53. The lowest BCUT2D eigenvalue weighted by Crippen LogP contribution is -2.28. The summed E-state index contributed by atoms with van der Waals surface area (Å²) in [5, 5.41) is 9.55. The molecular formula is C42H78O5. The van der Waals surface area contributed by atoms with Crippen molar-refractivity contribution in [3.63, 3.8) is 0 Å². The van der Waals surface area contributed by atoms with Gasteiger partial charge in [-0.25, -0.2) is 0 Å². The molecule has 1 atom stereocenters. The van der Waals surface area contributed by atoms with Crippen LogP contribution in [0.25, 0.3) is 0 Å². The Morgan fingerprint density at radius 3 is 1.15 bits per heavy atom. The Labute approximate surface area is 292 Å². The molecule has 0 aliphatic heterocycles. The van der Waals surface area contributed by atoms with Crippen LogP contribution in [0.2, 0.25) is 0 Å². The molecule has 276 valence electrons. The topological polar surface area (TPSA) is 72.8 Å². The Hall–Kier alpha value is -1.62. The summed E-state index contributed by atoms with van der Waals surface area (Å²) in [7, 11) is 0. The maximum Gasteiger partial charge on any atom is 0.306 e. The lowest BCUT2D eigenvalue weighted by molar-refractivity contribution is -0.161. The van der Waals surface area contributed by atoms with Crippen LogP contribution in [-0.4, -0.2) is 36.4 Å². The molecule has 0 spiro atoms. The first kappa shape index (κ1) is 45.4. The summed E-state index contributed by atoms with van der Waals surface area (Å²) in [4.78, 5) is 24.2. The van der Waals surface area contributed by atoms with E-state index in [0.717, 1.165) is 44.9 Å². The minimum Gasteiger partial charge on any atom is -0.462 e. The van der Waals surface area contributed by atoms with Crippen molar-refractivity contribution in [2.75, 3.05) is 13.2 Å². The fraction of sp³-hybridized carbons (Fsp3) is 0.857. The molecule has 1 N–H and O–H groups in total. The average molecular weight is 663 g/mol. The van der Waals surface area contributed by atoms with Gasteiger partial charge in [0.1, 0.15) is 6.61 Å². The average Bonchev–Trinajstić information content (AvgIpc) is 3.07. The second-order valence-corrected chi connectivity index (χ2v) is 13.7. The van der Waals surface area contributed by atoms with Gasteiger partial charge in [-0.2, -0.15) is 0 Å². The van der Waals surface area contributed by atoms with E-state index in [0.29, 0.717) is 12.8 Å². The van der Waals surface area contributed by atoms with Gasteiger partial charge in [0.2, 0.25) is 0 Å². The zero-order valence-corrected chi connectivity index (χ0v) is 31.3. The fourth-order valence-electron chi connectivity index (χ4n) is 5.84. The predicted octanol–water partition coefficient (Wildman–Crippen LogP) is 12.7. The molecule has 0 amide bonds. The molecule has 0 aromatic heterocycles. The van der Waals surface area contributed by atoms with Crippen molar-refractivity contribution in [2.24, 2.45) is 0 Å². The SMILES string of the molecule is CCCCCCC/C=C/CCCCCCCC(=O)OC[C@H](CO)OC(=O)CCCCCCCCCCC/C=C/CCCCCCCC. The van der Waals surface area contributed by atoms with E-state index < -0.39 is 6.10 Å². The minimum atomic E-state index is -0.772. The van der Waals surface area contributed by atoms with E-state index >= 15 is 0 Å². The summed E-state index contributed by atoms with van der Waals surface area (Å²) < 4.78 is 10.6. The number of rotatable bonds is 37. The van der Waals surface area contributed by atoms with Crippen molar-refractivity contribution in [1.82, 2.24) is 0 Å². The van der Waals surface area contributed by atoms with Crippen molar-refractivity contribution in [3.05, 3.63) is 24.3 Å². The Morgan fingerprint density at radius 1 is 0.468 bits per heavy atom. The van der Waals surface area contributed by atoms with E-state index in [9.17, 15) is 14.7 Å². The van der Waals surface area contributed by atoms with Crippen LogP contribution >= 0.6 is 0 Å². The molecule has 0 aromatic rings. The first-order chi connectivity index (χ1) is 23.1. The number of hydrogen-bond donors (Lipinski definition) is 1. The van der Waals surface area contributed by atoms with Gasteiger partial charge in [0, 0.05) is 12.8 Å². The van der Waals surface area contributed by atoms with E-state index in [1.165, 1.54) is 141 Å². The highest BCUT2D eigenvalue weighted by molar-refractivity contribution is 5.70. The van der Waals surface area contributed by atoms with Gasteiger partial charge in [-0.05, 0) is 64.2 Å². The van der Waals surface area contributed by atoms with Crippen LogP contribution in [0.1, 0.15) is 213 Å². The molecule has 5 nitrogen and oxygen atoms in total. The molecule has 0 rings (SSSR count). The van der Waals surface area contributed by atoms with Gasteiger partial charge < -0.3 is 14.6 Å². The van der Waals surface area contributed by atoms with Crippen LogP contribution in [0.3, 0.4) is 0 Å². The summed E-state index contributed by atoms with van der Waals surface area (Å²) >= 11 is 0. The number of allylic oxidation sites excluding steroid dienone is 4. The number of aliphatic hydroxyl groups is 1. The van der Waals surface area contributed by atoms with Gasteiger partial charge in [-0.1, -0.05) is 160 Å². The highest BCUT2D eigenvalue weighted by Gasteiger charge is 2.16. The number of esters is 2. The minimum absolute atomic E-state index is 0.0680. The molecule has 0 fully saturated rings. The third-order valence-electron chi connectivity index (χ3n) is 8.97. The van der Waals surface area contributed by atoms with Gasteiger partial charge >= 0.3 is 11.9 Å². The summed E-state index contributed by atoms with van der Waals surface area (Å²) in [6.07, 6.45) is 45.2. The Morgan fingerprint density at radius 2 is 0.787 bits per heavy atom. The second kappa shape index (κ2) is 38.8. The van der Waals surface area contributed by atoms with Crippen molar-refractivity contribution >= 4 is 11.9 Å². The van der Waals surface area contributed by atoms with Gasteiger partial charge in [-0.15, -0.1) is 0 Å². The summed E-state index contributed by atoms with van der Waals surface area (Å²) in [6, 6.07) is 0. The van der Waals surface area contributed by atoms with Crippen molar-refractivity contribution < 1.29 is 24.2 Å². The second-order valence-electron chi connectivity index (χ2n) is 13.7. The van der Waals surface area contributed by atoms with E-state index in [1.54, 1.807) is 0 Å². The van der Waals surface area contributed by atoms with Gasteiger partial charge in [-0.3, -0.25) is 9.59 Å². The zero-order valence-electron chi connectivity index (χ0n) is 31.3. The first-order valence-electron chi connectivity index (χ1n) is 20.4. The van der Waals surface area contributed by atoms with E-state index in [2.05, 4.69) is 38.2 Å². The van der Waals surface area contributed by atoms with E-state index in [1.807, 2.05) is 0 Å². The zero-order chi connectivity index (χ0) is 34.3. The third-order valence-corrected chi connectivity index (χ3v) is 8.97. The number of unbranched alkanes of at least 4 members (excludes halogenated alkanes) is 25. The molecule has 47 heavy (non-hydrogen) atoms. The van der Waals surface area contributed by atoms with Crippen LogP contribution in [0, 0.1) is 0 Å². The quantitative estimate of drug-likeness (QED) is 0.0407. The molecule has 0 radical (unpaired) electrons. The van der Waals surface area contributed by atoms with Crippen LogP contribution in [-0.2, 0) is 19.1 Å². The van der Waals surface area contributed by atoms with Crippen LogP contribution in [0.15, 0.2) is 24.3 Å². The highest BCUT2D eigenvalue weighted by Crippen LogP contribution is 2.14. The van der Waals surface area contributed by atoms with E-state index in [-0.39, 0.29) is 25.2 Å². The normalized spacial score (nSPS) is 12.3. The number of carbonyl (C=O) groups excluding carboxylic acids is 2. The van der Waals surface area contributed by atoms with Gasteiger partial charge in [0.25, 0.3) is 0 Å². The molecule has 0 saturated carbocycles. The molecule has 0 unspecified atom stereocenters. The number of carbonyl (C=O) groups is 2. The van der Waals surface area contributed by atoms with Crippen LogP contribution < -0.4 is 0 Å². The van der Waals surface area contributed by atoms with Crippen LogP contribution in [0.5, 0.6) is 0 Å². The first-order valence-corrected chi connectivity index (χ1v) is 20.4. The number of aliphatic hydroxyl groups excluding tert-OH is 1. The molecule has 0 aromatic carbocycles. The van der Waals surface area contributed by atoms with Crippen molar-refractivity contribution in [1.29, 1.82) is 0 Å². The molecule has 5 heteroatoms. The predicted molar refractivity (Wildman–Crippen MR) is 201 cm³/mol. The maximum absolute atomic E-state index is 12.2. The maximum atomic E-state index is 12.2. The third kappa shape index (κ3) is 37.1. The van der Waals surface area contributed by atoms with E-state index in [4.69, 9.17) is 9.47 Å². The summed E-state index contributed by atoms with van der Waals surface area (Å²) in [5.41, 5.74) is 0. The summed E-state index contributed by atoms with van der Waals surface area (Å²) in [6.45, 7) is 4.12. The monoisotopic (exact) mass is 663 g/mol. The van der Waals surface area contributed by atoms with Gasteiger partial charge in [0.05, 0.1) is 6.61 Å². The Bertz CT molecular complexity index is 716. The Kier molecular flexibility index (Phi) is 37.5. The molecule has 0 saturated heterocycles. The number of hydrogen-bond acceptors (Lipinski definition) is 5. The fourth-order valence-corrected chi connectivity index (χ4v) is 5.84. The molecule has 0 aliphatic rings. The van der Waals surface area contributed by atoms with Crippen molar-refractivity contribution in [3.8, 4) is 0 Å². The van der Waals surface area contributed by atoms with Gasteiger partial charge in [0.15, 0.2) is 6.10 Å². The highest BCUT2D eigenvalue weighted by atomic mass is 16.6. The lowest BCUT2D eigenvalue weighted by Gasteiger charge is -2.15. The number of ether oxygens (including phenoxy) is 2. The molecule has 0 bridgehead atoms. The molecule has 0 heterocycles. The van der Waals surface area contributed by atoms with Crippen LogP contribution in [0.4, 0.5) is 0 Å². The standard InChI is InChI=1S/C42H78O5/c1-3-5-7-9-11-13-15-17-19-20-21-22-23-25-27-29-31-33-35-37-42(45)47-40(38-43)39-46-41(44)36-34-32-30-28-26-24-18-16-14-12-10-8-6-4-2/h16-19,40,43H,3-15,20-39H2,1-2H3/b18-16+,19-17+/t40-/m0/s1. The molecular weight excluding hydrogens is 584 g/mol. The molecule has 0 aliphatic carbocycles.